The van der Waals surface area contributed by atoms with Crippen molar-refractivity contribution in [1.29, 1.82) is 0 Å². The number of carbonyl (C=O) groups excluding carboxylic acids is 2. The van der Waals surface area contributed by atoms with Crippen LogP contribution in [0.25, 0.3) is 0 Å². The average molecular weight is 174 g/mol. The van der Waals surface area contributed by atoms with Crippen molar-refractivity contribution in [2.45, 2.75) is 26.7 Å². The summed E-state index contributed by atoms with van der Waals surface area (Å²) in [6, 6.07) is 0. The molecule has 4 nitrogen and oxygen atoms in total. The van der Waals surface area contributed by atoms with Gasteiger partial charge in [0.2, 0.25) is 0 Å². The molecule has 0 bridgehead atoms. The van der Waals surface area contributed by atoms with E-state index in [9.17, 15) is 9.59 Å². The predicted molar refractivity (Wildman–Crippen MR) is 42.9 cm³/mol. The van der Waals surface area contributed by atoms with Gasteiger partial charge in [-0.2, -0.15) is 0 Å². The summed E-state index contributed by atoms with van der Waals surface area (Å²) in [6.45, 7) is 3.74. The zero-order valence-corrected chi connectivity index (χ0v) is 7.46. The van der Waals surface area contributed by atoms with Crippen molar-refractivity contribution in [1.82, 2.24) is 0 Å². The van der Waals surface area contributed by atoms with Crippen LogP contribution in [0, 0.1) is 0 Å². The number of ether oxygens (including phenoxy) is 2. The molecule has 0 radical (unpaired) electrons. The molecule has 0 aliphatic carbocycles. The minimum atomic E-state index is -0.765. The monoisotopic (exact) mass is 174 g/mol. The zero-order chi connectivity index (χ0) is 9.40. The highest BCUT2D eigenvalue weighted by Gasteiger charge is 2.05. The van der Waals surface area contributed by atoms with Crippen LogP contribution in [0.1, 0.15) is 26.7 Å². The Labute approximate surface area is 71.8 Å². The number of hydrogen-bond acceptors (Lipinski definition) is 4. The second kappa shape index (κ2) is 6.64. The molecule has 0 amide bonds. The highest BCUT2D eigenvalue weighted by atomic mass is 16.7. The molecule has 0 heterocycles. The largest absolute Gasteiger partial charge is 0.508 e. The van der Waals surface area contributed by atoms with Crippen LogP contribution in [-0.2, 0) is 14.3 Å². The van der Waals surface area contributed by atoms with Gasteiger partial charge in [0, 0.05) is 6.42 Å². The molecule has 0 N–H and O–H groups in total. The molecular weight excluding hydrogens is 160 g/mol. The molecule has 0 aromatic rings. The molecule has 70 valence electrons. The number of ketones is 1. The summed E-state index contributed by atoms with van der Waals surface area (Å²) in [5.41, 5.74) is 0. The Morgan fingerprint density at radius 1 is 1.17 bits per heavy atom. The van der Waals surface area contributed by atoms with E-state index in [1.807, 2.05) is 6.92 Å². The Balaban J connectivity index is 3.37. The van der Waals surface area contributed by atoms with Gasteiger partial charge >= 0.3 is 6.16 Å². The van der Waals surface area contributed by atoms with E-state index in [1.165, 1.54) is 0 Å². The summed E-state index contributed by atoms with van der Waals surface area (Å²) in [4.78, 5) is 21.3. The molecule has 4 heteroatoms. The van der Waals surface area contributed by atoms with Gasteiger partial charge in [0.25, 0.3) is 0 Å². The lowest BCUT2D eigenvalue weighted by Crippen LogP contribution is -2.14. The van der Waals surface area contributed by atoms with E-state index in [2.05, 4.69) is 9.47 Å². The van der Waals surface area contributed by atoms with Crippen LogP contribution in [0.15, 0.2) is 0 Å². The maximum atomic E-state index is 10.7. The van der Waals surface area contributed by atoms with Crippen LogP contribution in [0.3, 0.4) is 0 Å². The first-order valence-electron chi connectivity index (χ1n) is 4.02. The van der Waals surface area contributed by atoms with Crippen molar-refractivity contribution in [3.05, 3.63) is 0 Å². The summed E-state index contributed by atoms with van der Waals surface area (Å²) in [6.07, 6.45) is 0.358. The smallest absolute Gasteiger partial charge is 0.434 e. The molecule has 0 rings (SSSR count). The quantitative estimate of drug-likeness (QED) is 0.593. The van der Waals surface area contributed by atoms with Crippen LogP contribution in [-0.4, -0.2) is 25.2 Å². The molecule has 0 saturated carbocycles. The molecular formula is C8H14O4. The first kappa shape index (κ1) is 10.9. The molecule has 0 saturated heterocycles. The Morgan fingerprint density at radius 2 is 1.83 bits per heavy atom. The summed E-state index contributed by atoms with van der Waals surface area (Å²) in [5, 5.41) is 0. The van der Waals surface area contributed by atoms with Crippen LogP contribution in [0.4, 0.5) is 4.79 Å². The number of rotatable bonds is 5. The average Bonchev–Trinajstić information content (AvgIpc) is 2.10. The van der Waals surface area contributed by atoms with Crippen LogP contribution in [0.2, 0.25) is 0 Å². The van der Waals surface area contributed by atoms with Gasteiger partial charge in [-0.3, -0.25) is 4.79 Å². The van der Waals surface area contributed by atoms with Crippen molar-refractivity contribution in [2.24, 2.45) is 0 Å². The van der Waals surface area contributed by atoms with E-state index < -0.39 is 6.16 Å². The fourth-order valence-corrected chi connectivity index (χ4v) is 0.469. The highest BCUT2D eigenvalue weighted by Crippen LogP contribution is 1.89. The first-order valence-corrected chi connectivity index (χ1v) is 4.02. The Kier molecular flexibility index (Phi) is 6.05. The third-order valence-corrected chi connectivity index (χ3v) is 1.17. The summed E-state index contributed by atoms with van der Waals surface area (Å²) in [5.74, 6) is -0.108. The van der Waals surface area contributed by atoms with E-state index in [4.69, 9.17) is 0 Å². The molecule has 0 aliphatic rings. The lowest BCUT2D eigenvalue weighted by atomic mass is 10.3. The Hall–Kier alpha value is -1.06. The molecule has 0 fully saturated rings. The van der Waals surface area contributed by atoms with Gasteiger partial charge in [-0.25, -0.2) is 4.79 Å². The third kappa shape index (κ3) is 5.70. The second-order valence-electron chi connectivity index (χ2n) is 2.28. The van der Waals surface area contributed by atoms with E-state index >= 15 is 0 Å². The van der Waals surface area contributed by atoms with Gasteiger partial charge in [-0.05, 0) is 6.42 Å². The maximum Gasteiger partial charge on any atom is 0.508 e. The van der Waals surface area contributed by atoms with Crippen molar-refractivity contribution >= 4 is 11.9 Å². The third-order valence-electron chi connectivity index (χ3n) is 1.17. The molecule has 12 heavy (non-hydrogen) atoms. The lowest BCUT2D eigenvalue weighted by molar-refractivity contribution is -0.122. The normalized spacial score (nSPS) is 9.17. The summed E-state index contributed by atoms with van der Waals surface area (Å²) < 4.78 is 9.06. The fourth-order valence-electron chi connectivity index (χ4n) is 0.469. The van der Waals surface area contributed by atoms with Gasteiger partial charge in [0.05, 0.1) is 6.61 Å². The molecule has 0 aromatic heterocycles. The van der Waals surface area contributed by atoms with E-state index in [0.717, 1.165) is 6.42 Å². The van der Waals surface area contributed by atoms with Crippen molar-refractivity contribution in [2.75, 3.05) is 13.2 Å². The standard InChI is InChI=1S/C8H14O4/c1-3-5-11-8(10)12-6-7(9)4-2/h3-6H2,1-2H3. The van der Waals surface area contributed by atoms with Gasteiger partial charge in [0.1, 0.15) is 0 Å². The SMILES string of the molecule is CCCOC(=O)OCC(=O)CC. The van der Waals surface area contributed by atoms with Gasteiger partial charge in [-0.15, -0.1) is 0 Å². The maximum absolute atomic E-state index is 10.7. The molecule has 0 atom stereocenters. The Bertz CT molecular complexity index is 153. The van der Waals surface area contributed by atoms with Crippen molar-refractivity contribution < 1.29 is 19.1 Å². The summed E-state index contributed by atoms with van der Waals surface area (Å²) in [7, 11) is 0. The van der Waals surface area contributed by atoms with Crippen LogP contribution in [0.5, 0.6) is 0 Å². The van der Waals surface area contributed by atoms with Gasteiger partial charge < -0.3 is 9.47 Å². The van der Waals surface area contributed by atoms with Gasteiger partial charge in [-0.1, -0.05) is 13.8 Å². The number of Topliss-reactive ketones (excluding diaryl/α,β-unsaturated/α-hetero) is 1. The highest BCUT2D eigenvalue weighted by molar-refractivity contribution is 5.80. The summed E-state index contributed by atoms with van der Waals surface area (Å²) >= 11 is 0. The predicted octanol–water partition coefficient (Wildman–Crippen LogP) is 1.53. The molecule has 0 unspecified atom stereocenters. The van der Waals surface area contributed by atoms with Gasteiger partial charge in [0.15, 0.2) is 12.4 Å². The second-order valence-corrected chi connectivity index (χ2v) is 2.28. The molecule has 0 aromatic carbocycles. The minimum Gasteiger partial charge on any atom is -0.434 e. The number of carbonyl (C=O) groups is 2. The van der Waals surface area contributed by atoms with E-state index in [0.29, 0.717) is 13.0 Å². The van der Waals surface area contributed by atoms with Crippen LogP contribution < -0.4 is 0 Å². The zero-order valence-electron chi connectivity index (χ0n) is 7.46. The van der Waals surface area contributed by atoms with Crippen LogP contribution >= 0.6 is 0 Å². The molecule has 0 aliphatic heterocycles. The number of hydrogen-bond donors (Lipinski definition) is 0. The fraction of sp³-hybridized carbons (Fsp3) is 0.750. The van der Waals surface area contributed by atoms with Crippen molar-refractivity contribution in [3.8, 4) is 0 Å². The topological polar surface area (TPSA) is 52.6 Å². The van der Waals surface area contributed by atoms with E-state index in [1.54, 1.807) is 6.92 Å². The van der Waals surface area contributed by atoms with Crippen molar-refractivity contribution in [3.63, 3.8) is 0 Å². The lowest BCUT2D eigenvalue weighted by Gasteiger charge is -2.02. The first-order chi connectivity index (χ1) is 5.70. The van der Waals surface area contributed by atoms with E-state index in [-0.39, 0.29) is 12.4 Å². The molecule has 0 spiro atoms. The minimum absolute atomic E-state index is 0.108. The Morgan fingerprint density at radius 3 is 2.33 bits per heavy atom.